The van der Waals surface area contributed by atoms with Crippen LogP contribution in [0.4, 0.5) is 0 Å². The molecule has 130 valence electrons. The van der Waals surface area contributed by atoms with Crippen molar-refractivity contribution in [1.82, 2.24) is 14.9 Å². The van der Waals surface area contributed by atoms with Crippen LogP contribution in [-0.2, 0) is 11.3 Å². The molecular formula is C17H17N3O2S3. The van der Waals surface area contributed by atoms with E-state index in [9.17, 15) is 9.59 Å². The van der Waals surface area contributed by atoms with Crippen LogP contribution in [0, 0.1) is 0 Å². The lowest BCUT2D eigenvalue weighted by Crippen LogP contribution is -2.26. The molecule has 0 saturated heterocycles. The molecule has 0 atom stereocenters. The van der Waals surface area contributed by atoms with Gasteiger partial charge in [0.25, 0.3) is 5.56 Å². The van der Waals surface area contributed by atoms with Crippen molar-refractivity contribution in [2.75, 3.05) is 12.3 Å². The molecule has 0 aromatic carbocycles. The molecule has 1 amide bonds. The molecule has 8 heteroatoms. The Hall–Kier alpha value is -1.90. The van der Waals surface area contributed by atoms with Crippen LogP contribution in [0.5, 0.6) is 0 Å². The molecule has 0 saturated carbocycles. The molecule has 0 aliphatic heterocycles. The smallest absolute Gasteiger partial charge is 0.263 e. The number of thiophene rings is 2. The number of thioether (sulfide) groups is 1. The maximum atomic E-state index is 13.0. The summed E-state index contributed by atoms with van der Waals surface area (Å²) in [5.74, 6) is 0.113. The molecule has 5 nitrogen and oxygen atoms in total. The van der Waals surface area contributed by atoms with Crippen molar-refractivity contribution in [1.29, 1.82) is 0 Å². The van der Waals surface area contributed by atoms with Crippen molar-refractivity contribution in [3.05, 3.63) is 45.9 Å². The molecule has 0 unspecified atom stereocenters. The highest BCUT2D eigenvalue weighted by Gasteiger charge is 2.17. The van der Waals surface area contributed by atoms with Gasteiger partial charge in [-0.1, -0.05) is 23.9 Å². The van der Waals surface area contributed by atoms with Gasteiger partial charge >= 0.3 is 0 Å². The largest absolute Gasteiger partial charge is 0.352 e. The van der Waals surface area contributed by atoms with Crippen LogP contribution >= 0.6 is 34.4 Å². The molecule has 1 N–H and O–H groups in total. The summed E-state index contributed by atoms with van der Waals surface area (Å²) >= 11 is 4.35. The van der Waals surface area contributed by atoms with Gasteiger partial charge in [0.1, 0.15) is 4.83 Å². The van der Waals surface area contributed by atoms with E-state index in [-0.39, 0.29) is 17.2 Å². The first kappa shape index (κ1) is 17.9. The summed E-state index contributed by atoms with van der Waals surface area (Å²) < 4.78 is 1.64. The third-order valence-electron chi connectivity index (χ3n) is 3.54. The summed E-state index contributed by atoms with van der Waals surface area (Å²) in [6.45, 7) is 6.43. The van der Waals surface area contributed by atoms with Gasteiger partial charge in [-0.3, -0.25) is 14.2 Å². The maximum absolute atomic E-state index is 13.0. The second-order valence-electron chi connectivity index (χ2n) is 5.13. The highest BCUT2D eigenvalue weighted by Crippen LogP contribution is 2.34. The fourth-order valence-electron chi connectivity index (χ4n) is 2.38. The van der Waals surface area contributed by atoms with Crippen LogP contribution in [0.25, 0.3) is 20.7 Å². The van der Waals surface area contributed by atoms with Gasteiger partial charge in [-0.15, -0.1) is 29.3 Å². The van der Waals surface area contributed by atoms with Gasteiger partial charge in [-0.2, -0.15) is 0 Å². The predicted molar refractivity (Wildman–Crippen MR) is 107 cm³/mol. The lowest BCUT2D eigenvalue weighted by molar-refractivity contribution is -0.118. The normalized spacial score (nSPS) is 10.9. The van der Waals surface area contributed by atoms with Gasteiger partial charge in [0.05, 0.1) is 11.1 Å². The summed E-state index contributed by atoms with van der Waals surface area (Å²) in [5, 5.41) is 7.94. The van der Waals surface area contributed by atoms with E-state index in [1.54, 1.807) is 22.0 Å². The van der Waals surface area contributed by atoms with E-state index >= 15 is 0 Å². The molecule has 0 spiro atoms. The van der Waals surface area contributed by atoms with Crippen LogP contribution in [0.2, 0.25) is 0 Å². The lowest BCUT2D eigenvalue weighted by atomic mass is 10.2. The van der Waals surface area contributed by atoms with Crippen molar-refractivity contribution >= 4 is 50.6 Å². The van der Waals surface area contributed by atoms with Crippen LogP contribution < -0.4 is 10.9 Å². The standard InChI is InChI=1S/C17H17N3O2S3/c1-3-7-18-13(21)10-25-17-19-15-14(16(22)20(17)4-2)11(9-24-15)12-6-5-8-23-12/h3,5-6,8-9H,1,4,7,10H2,2H3,(H,18,21). The summed E-state index contributed by atoms with van der Waals surface area (Å²) in [5.41, 5.74) is 0.890. The Morgan fingerprint density at radius 1 is 1.48 bits per heavy atom. The number of hydrogen-bond donors (Lipinski definition) is 1. The quantitative estimate of drug-likeness (QED) is 0.380. The Kier molecular flexibility index (Phi) is 5.72. The van der Waals surface area contributed by atoms with Crippen molar-refractivity contribution in [2.24, 2.45) is 0 Å². The third-order valence-corrected chi connectivity index (χ3v) is 6.29. The van der Waals surface area contributed by atoms with E-state index in [1.807, 2.05) is 29.8 Å². The number of aromatic nitrogens is 2. The van der Waals surface area contributed by atoms with E-state index < -0.39 is 0 Å². The van der Waals surface area contributed by atoms with Crippen molar-refractivity contribution in [2.45, 2.75) is 18.6 Å². The predicted octanol–water partition coefficient (Wildman–Crippen LogP) is 3.60. The molecule has 0 aliphatic rings. The average Bonchev–Trinajstić information content (AvgIpc) is 3.27. The minimum atomic E-state index is -0.104. The second kappa shape index (κ2) is 7.99. The van der Waals surface area contributed by atoms with Crippen molar-refractivity contribution < 1.29 is 4.79 Å². The first-order chi connectivity index (χ1) is 12.2. The van der Waals surface area contributed by atoms with Gasteiger partial charge in [0, 0.05) is 28.9 Å². The Labute approximate surface area is 157 Å². The summed E-state index contributed by atoms with van der Waals surface area (Å²) in [7, 11) is 0. The zero-order chi connectivity index (χ0) is 17.8. The summed E-state index contributed by atoms with van der Waals surface area (Å²) in [6, 6.07) is 3.98. The van der Waals surface area contributed by atoms with Crippen LogP contribution in [0.1, 0.15) is 6.92 Å². The maximum Gasteiger partial charge on any atom is 0.263 e. The number of carbonyl (C=O) groups excluding carboxylic acids is 1. The number of carbonyl (C=O) groups is 1. The van der Waals surface area contributed by atoms with E-state index in [0.29, 0.717) is 28.5 Å². The Balaban J connectivity index is 1.97. The Morgan fingerprint density at radius 2 is 2.32 bits per heavy atom. The molecule has 0 radical (unpaired) electrons. The molecule has 0 fully saturated rings. The van der Waals surface area contributed by atoms with Gasteiger partial charge in [-0.25, -0.2) is 4.98 Å². The van der Waals surface area contributed by atoms with Gasteiger partial charge in [-0.05, 0) is 18.4 Å². The number of nitrogens with zero attached hydrogens (tertiary/aromatic N) is 2. The minimum Gasteiger partial charge on any atom is -0.352 e. The fraction of sp³-hybridized carbons (Fsp3) is 0.235. The zero-order valence-corrected chi connectivity index (χ0v) is 16.1. The van der Waals surface area contributed by atoms with Gasteiger partial charge < -0.3 is 5.32 Å². The first-order valence-corrected chi connectivity index (χ1v) is 10.5. The number of amides is 1. The SMILES string of the molecule is C=CCNC(=O)CSc1nc2scc(-c3cccs3)c2c(=O)n1CC. The third kappa shape index (κ3) is 3.70. The molecule has 3 aromatic heterocycles. The molecule has 25 heavy (non-hydrogen) atoms. The zero-order valence-electron chi connectivity index (χ0n) is 13.7. The van der Waals surface area contributed by atoms with Crippen molar-refractivity contribution in [3.63, 3.8) is 0 Å². The first-order valence-electron chi connectivity index (χ1n) is 7.72. The molecule has 3 aromatic rings. The molecule has 3 rings (SSSR count). The number of rotatable bonds is 7. The highest BCUT2D eigenvalue weighted by atomic mass is 32.2. The second-order valence-corrected chi connectivity index (χ2v) is 7.88. The summed E-state index contributed by atoms with van der Waals surface area (Å²) in [4.78, 5) is 31.2. The molecule has 3 heterocycles. The van der Waals surface area contributed by atoms with E-state index in [2.05, 4.69) is 16.9 Å². The number of hydrogen-bond acceptors (Lipinski definition) is 6. The average molecular weight is 392 g/mol. The number of fused-ring (bicyclic) bond motifs is 1. The molecule has 0 aliphatic carbocycles. The van der Waals surface area contributed by atoms with E-state index in [4.69, 9.17) is 0 Å². The topological polar surface area (TPSA) is 64.0 Å². The van der Waals surface area contributed by atoms with E-state index in [1.165, 1.54) is 23.1 Å². The van der Waals surface area contributed by atoms with Gasteiger partial charge in [0.15, 0.2) is 5.16 Å². The molecule has 0 bridgehead atoms. The minimum absolute atomic E-state index is 0.0499. The van der Waals surface area contributed by atoms with Crippen molar-refractivity contribution in [3.8, 4) is 10.4 Å². The summed E-state index contributed by atoms with van der Waals surface area (Å²) in [6.07, 6.45) is 1.63. The highest BCUT2D eigenvalue weighted by molar-refractivity contribution is 7.99. The van der Waals surface area contributed by atoms with Gasteiger partial charge in [0.2, 0.25) is 5.91 Å². The van der Waals surface area contributed by atoms with Crippen LogP contribution in [0.3, 0.4) is 0 Å². The van der Waals surface area contributed by atoms with Crippen LogP contribution in [-0.4, -0.2) is 27.8 Å². The van der Waals surface area contributed by atoms with E-state index in [0.717, 1.165) is 10.4 Å². The lowest BCUT2D eigenvalue weighted by Gasteiger charge is -2.10. The monoisotopic (exact) mass is 391 g/mol. The van der Waals surface area contributed by atoms with Crippen LogP contribution in [0.15, 0.2) is 45.5 Å². The Bertz CT molecular complexity index is 958. The fourth-order valence-corrected chi connectivity index (χ4v) is 5.07. The molecular weight excluding hydrogens is 374 g/mol. The number of nitrogens with one attached hydrogen (secondary N) is 1. The Morgan fingerprint density at radius 3 is 3.00 bits per heavy atom.